The number of pyridine rings is 1. The molecule has 1 aliphatic rings. The standard InChI is InChI=1S/C10H11N3O2/c1-10(7-3-5-11-6-4-7)8(14)13(2)9(15)12-10/h3-6H,1-2H3,(H,12,15)/t10-/m1/s1. The van der Waals surface area contributed by atoms with E-state index in [1.807, 2.05) is 0 Å². The molecule has 1 N–H and O–H groups in total. The van der Waals surface area contributed by atoms with Crippen LogP contribution in [0.15, 0.2) is 24.5 Å². The molecule has 2 rings (SSSR count). The Labute approximate surface area is 87.1 Å². The zero-order valence-electron chi connectivity index (χ0n) is 8.52. The summed E-state index contributed by atoms with van der Waals surface area (Å²) in [5.41, 5.74) is -0.227. The number of urea groups is 1. The molecule has 0 saturated carbocycles. The van der Waals surface area contributed by atoms with Crippen LogP contribution in [-0.4, -0.2) is 28.9 Å². The molecule has 0 unspecified atom stereocenters. The third-order valence-corrected chi connectivity index (χ3v) is 2.65. The average Bonchev–Trinajstić information content (AvgIpc) is 2.45. The topological polar surface area (TPSA) is 62.3 Å². The van der Waals surface area contributed by atoms with E-state index in [0.717, 1.165) is 10.5 Å². The van der Waals surface area contributed by atoms with Gasteiger partial charge in [0.2, 0.25) is 0 Å². The minimum absolute atomic E-state index is 0.251. The Balaban J connectivity index is 2.45. The quantitative estimate of drug-likeness (QED) is 0.678. The zero-order valence-corrected chi connectivity index (χ0v) is 8.52. The minimum atomic E-state index is -0.964. The number of aromatic nitrogens is 1. The lowest BCUT2D eigenvalue weighted by Crippen LogP contribution is -2.40. The van der Waals surface area contributed by atoms with Gasteiger partial charge in [0.25, 0.3) is 5.91 Å². The maximum atomic E-state index is 11.9. The third kappa shape index (κ3) is 1.27. The van der Waals surface area contributed by atoms with E-state index >= 15 is 0 Å². The molecule has 1 fully saturated rings. The summed E-state index contributed by atoms with van der Waals surface area (Å²) in [6.45, 7) is 1.69. The van der Waals surface area contributed by atoms with Crippen LogP contribution < -0.4 is 5.32 Å². The van der Waals surface area contributed by atoms with Crippen molar-refractivity contribution in [3.8, 4) is 0 Å². The second kappa shape index (κ2) is 3.05. The van der Waals surface area contributed by atoms with Crippen molar-refractivity contribution < 1.29 is 9.59 Å². The normalized spacial score (nSPS) is 25.6. The maximum Gasteiger partial charge on any atom is 0.325 e. The van der Waals surface area contributed by atoms with Crippen molar-refractivity contribution >= 4 is 11.9 Å². The Bertz CT molecular complexity index is 418. The number of hydrogen-bond acceptors (Lipinski definition) is 3. The smallest absolute Gasteiger partial charge is 0.319 e. The van der Waals surface area contributed by atoms with Crippen molar-refractivity contribution in [3.63, 3.8) is 0 Å². The monoisotopic (exact) mass is 205 g/mol. The Morgan fingerprint density at radius 2 is 1.93 bits per heavy atom. The molecule has 5 heteroatoms. The maximum absolute atomic E-state index is 11.9. The van der Waals surface area contributed by atoms with Gasteiger partial charge in [0.05, 0.1) is 0 Å². The molecule has 0 bridgehead atoms. The zero-order chi connectivity index (χ0) is 11.1. The lowest BCUT2D eigenvalue weighted by molar-refractivity contribution is -0.130. The Kier molecular flexibility index (Phi) is 1.96. The minimum Gasteiger partial charge on any atom is -0.319 e. The van der Waals surface area contributed by atoms with Gasteiger partial charge in [-0.25, -0.2) is 4.79 Å². The van der Waals surface area contributed by atoms with Gasteiger partial charge in [-0.1, -0.05) is 0 Å². The Morgan fingerprint density at radius 1 is 1.33 bits per heavy atom. The van der Waals surface area contributed by atoms with Crippen molar-refractivity contribution in [1.82, 2.24) is 15.2 Å². The van der Waals surface area contributed by atoms with Crippen LogP contribution in [0.5, 0.6) is 0 Å². The molecule has 1 aliphatic heterocycles. The van der Waals surface area contributed by atoms with E-state index < -0.39 is 5.54 Å². The van der Waals surface area contributed by atoms with E-state index in [1.165, 1.54) is 7.05 Å². The number of likely N-dealkylation sites (N-methyl/N-ethyl adjacent to an activating group) is 1. The van der Waals surface area contributed by atoms with Gasteiger partial charge in [-0.2, -0.15) is 0 Å². The first-order chi connectivity index (χ1) is 7.05. The number of carbonyl (C=O) groups is 2. The first-order valence-electron chi connectivity index (χ1n) is 4.56. The SMILES string of the molecule is CN1C(=O)N[C@](C)(c2ccncc2)C1=O. The van der Waals surface area contributed by atoms with Crippen molar-refractivity contribution in [2.75, 3.05) is 7.05 Å². The average molecular weight is 205 g/mol. The van der Waals surface area contributed by atoms with Gasteiger partial charge >= 0.3 is 6.03 Å². The largest absolute Gasteiger partial charge is 0.325 e. The summed E-state index contributed by atoms with van der Waals surface area (Å²) in [5.74, 6) is -0.251. The number of nitrogens with zero attached hydrogens (tertiary/aromatic N) is 2. The molecule has 2 heterocycles. The first kappa shape index (κ1) is 9.64. The fourth-order valence-electron chi connectivity index (χ4n) is 1.66. The van der Waals surface area contributed by atoms with Crippen LogP contribution in [0.25, 0.3) is 0 Å². The summed E-state index contributed by atoms with van der Waals surface area (Å²) < 4.78 is 0. The third-order valence-electron chi connectivity index (χ3n) is 2.65. The van der Waals surface area contributed by atoms with Crippen molar-refractivity contribution in [3.05, 3.63) is 30.1 Å². The fourth-order valence-corrected chi connectivity index (χ4v) is 1.66. The number of rotatable bonds is 1. The summed E-state index contributed by atoms with van der Waals surface area (Å²) in [5, 5.41) is 2.66. The lowest BCUT2D eigenvalue weighted by atomic mass is 9.93. The van der Waals surface area contributed by atoms with Crippen molar-refractivity contribution in [1.29, 1.82) is 0 Å². The molecule has 0 aromatic carbocycles. The van der Waals surface area contributed by atoms with Crippen molar-refractivity contribution in [2.45, 2.75) is 12.5 Å². The van der Waals surface area contributed by atoms with Crippen molar-refractivity contribution in [2.24, 2.45) is 0 Å². The van der Waals surface area contributed by atoms with Gasteiger partial charge in [0.1, 0.15) is 5.54 Å². The summed E-state index contributed by atoms with van der Waals surface area (Å²) in [4.78, 5) is 28.2. The molecular weight excluding hydrogens is 194 g/mol. The predicted molar refractivity (Wildman–Crippen MR) is 52.9 cm³/mol. The van der Waals surface area contributed by atoms with Crippen LogP contribution in [0.3, 0.4) is 0 Å². The molecule has 0 spiro atoms. The summed E-state index contributed by atoms with van der Waals surface area (Å²) in [7, 11) is 1.46. The summed E-state index contributed by atoms with van der Waals surface area (Å²) >= 11 is 0. The highest BCUT2D eigenvalue weighted by Crippen LogP contribution is 2.26. The molecule has 1 atom stereocenters. The molecule has 1 saturated heterocycles. The summed E-state index contributed by atoms with van der Waals surface area (Å²) in [6.07, 6.45) is 3.19. The van der Waals surface area contributed by atoms with Crippen LogP contribution in [0.2, 0.25) is 0 Å². The molecule has 15 heavy (non-hydrogen) atoms. The van der Waals surface area contributed by atoms with Gasteiger partial charge in [-0.15, -0.1) is 0 Å². The molecule has 0 radical (unpaired) electrons. The van der Waals surface area contributed by atoms with E-state index in [1.54, 1.807) is 31.5 Å². The second-order valence-electron chi connectivity index (χ2n) is 3.66. The number of imide groups is 1. The highest BCUT2D eigenvalue weighted by molar-refractivity contribution is 6.06. The van der Waals surface area contributed by atoms with Crippen LogP contribution >= 0.6 is 0 Å². The van der Waals surface area contributed by atoms with E-state index in [2.05, 4.69) is 10.3 Å². The van der Waals surface area contributed by atoms with E-state index in [0.29, 0.717) is 0 Å². The van der Waals surface area contributed by atoms with Gasteiger partial charge in [-0.3, -0.25) is 14.7 Å². The molecule has 78 valence electrons. The second-order valence-corrected chi connectivity index (χ2v) is 3.66. The predicted octanol–water partition coefficient (Wildman–Crippen LogP) is 0.478. The van der Waals surface area contributed by atoms with Gasteiger partial charge in [0, 0.05) is 19.4 Å². The molecule has 5 nitrogen and oxygen atoms in total. The van der Waals surface area contributed by atoms with Crippen LogP contribution in [0, 0.1) is 0 Å². The van der Waals surface area contributed by atoms with E-state index in [9.17, 15) is 9.59 Å². The van der Waals surface area contributed by atoms with Crippen LogP contribution in [0.1, 0.15) is 12.5 Å². The number of nitrogens with one attached hydrogen (secondary N) is 1. The highest BCUT2D eigenvalue weighted by atomic mass is 16.2. The molecule has 3 amide bonds. The Morgan fingerprint density at radius 3 is 2.40 bits per heavy atom. The summed E-state index contributed by atoms with van der Waals surface area (Å²) in [6, 6.07) is 3.06. The molecule has 1 aromatic rings. The van der Waals surface area contributed by atoms with Gasteiger partial charge < -0.3 is 5.32 Å². The first-order valence-corrected chi connectivity index (χ1v) is 4.56. The van der Waals surface area contributed by atoms with Crippen LogP contribution in [-0.2, 0) is 10.3 Å². The number of carbonyl (C=O) groups excluding carboxylic acids is 2. The van der Waals surface area contributed by atoms with Gasteiger partial charge in [-0.05, 0) is 24.6 Å². The Hall–Kier alpha value is -1.91. The van der Waals surface area contributed by atoms with Gasteiger partial charge in [0.15, 0.2) is 0 Å². The number of hydrogen-bond donors (Lipinski definition) is 1. The van der Waals surface area contributed by atoms with E-state index in [4.69, 9.17) is 0 Å². The number of amides is 3. The molecular formula is C10H11N3O2. The van der Waals surface area contributed by atoms with Crippen LogP contribution in [0.4, 0.5) is 4.79 Å². The molecule has 1 aromatic heterocycles. The highest BCUT2D eigenvalue weighted by Gasteiger charge is 2.47. The molecule has 0 aliphatic carbocycles. The van der Waals surface area contributed by atoms with E-state index in [-0.39, 0.29) is 11.9 Å². The lowest BCUT2D eigenvalue weighted by Gasteiger charge is -2.21. The fraction of sp³-hybridized carbons (Fsp3) is 0.300.